The van der Waals surface area contributed by atoms with Gasteiger partial charge in [-0.3, -0.25) is 4.79 Å². The maximum Gasteiger partial charge on any atom is 0.326 e. The summed E-state index contributed by atoms with van der Waals surface area (Å²) in [6, 6.07) is -0.883. The molecule has 0 aromatic rings. The highest BCUT2D eigenvalue weighted by molar-refractivity contribution is 5.86. The van der Waals surface area contributed by atoms with Crippen LogP contribution in [-0.4, -0.2) is 52.2 Å². The second-order valence-electron chi connectivity index (χ2n) is 5.27. The van der Waals surface area contributed by atoms with Gasteiger partial charge in [0, 0.05) is 18.9 Å². The predicted molar refractivity (Wildman–Crippen MR) is 63.6 cm³/mol. The lowest BCUT2D eigenvalue weighted by molar-refractivity contribution is -0.150. The first-order chi connectivity index (χ1) is 8.54. The largest absolute Gasteiger partial charge is 0.480 e. The average Bonchev–Trinajstić information content (AvgIpc) is 2.93. The van der Waals surface area contributed by atoms with E-state index < -0.39 is 18.1 Å². The van der Waals surface area contributed by atoms with Crippen LogP contribution in [0.5, 0.6) is 0 Å². The van der Waals surface area contributed by atoms with Gasteiger partial charge >= 0.3 is 5.97 Å². The summed E-state index contributed by atoms with van der Waals surface area (Å²) >= 11 is 0. The Hall–Kier alpha value is -1.14. The number of carboxylic acids is 1. The van der Waals surface area contributed by atoms with Crippen LogP contribution < -0.4 is 5.73 Å². The molecule has 102 valence electrons. The molecule has 1 heterocycles. The summed E-state index contributed by atoms with van der Waals surface area (Å²) in [5.74, 6) is -1.19. The topological polar surface area (TPSA) is 104 Å². The second-order valence-corrected chi connectivity index (χ2v) is 5.27. The van der Waals surface area contributed by atoms with Crippen molar-refractivity contribution in [2.45, 2.75) is 37.8 Å². The number of aliphatic hydroxyl groups excluding tert-OH is 1. The minimum Gasteiger partial charge on any atom is -0.480 e. The van der Waals surface area contributed by atoms with Crippen LogP contribution in [0.4, 0.5) is 0 Å². The highest BCUT2D eigenvalue weighted by Crippen LogP contribution is 2.34. The van der Waals surface area contributed by atoms with Crippen molar-refractivity contribution >= 4 is 11.9 Å². The molecule has 6 heteroatoms. The molecule has 1 saturated heterocycles. The first kappa shape index (κ1) is 13.3. The molecule has 0 spiro atoms. The Labute approximate surface area is 106 Å². The molecule has 6 nitrogen and oxygen atoms in total. The summed E-state index contributed by atoms with van der Waals surface area (Å²) in [6.07, 6.45) is 2.07. The number of carbonyl (C=O) groups is 2. The van der Waals surface area contributed by atoms with Gasteiger partial charge in [-0.2, -0.15) is 0 Å². The zero-order chi connectivity index (χ0) is 13.3. The SMILES string of the molecule is NCC1CCCC1C(=O)N1C[C@@H](O)C[C@H]1C(=O)O. The van der Waals surface area contributed by atoms with E-state index in [0.29, 0.717) is 6.54 Å². The number of amides is 1. The molecule has 0 radical (unpaired) electrons. The summed E-state index contributed by atoms with van der Waals surface area (Å²) in [7, 11) is 0. The van der Waals surface area contributed by atoms with E-state index in [4.69, 9.17) is 10.8 Å². The number of likely N-dealkylation sites (tertiary alicyclic amines) is 1. The molecule has 0 bridgehead atoms. The molecule has 1 aliphatic carbocycles. The smallest absolute Gasteiger partial charge is 0.326 e. The molecule has 2 rings (SSSR count). The van der Waals surface area contributed by atoms with Crippen molar-refractivity contribution in [3.8, 4) is 0 Å². The highest BCUT2D eigenvalue weighted by Gasteiger charge is 2.43. The maximum absolute atomic E-state index is 12.4. The van der Waals surface area contributed by atoms with E-state index in [-0.39, 0.29) is 30.7 Å². The molecule has 1 aliphatic heterocycles. The summed E-state index contributed by atoms with van der Waals surface area (Å²) in [5.41, 5.74) is 5.65. The number of nitrogens with two attached hydrogens (primary N) is 1. The molecule has 0 aromatic heterocycles. The number of aliphatic carboxylic acids is 1. The van der Waals surface area contributed by atoms with E-state index in [0.717, 1.165) is 19.3 Å². The molecule has 4 N–H and O–H groups in total. The molecule has 2 fully saturated rings. The molecule has 0 aromatic carbocycles. The van der Waals surface area contributed by atoms with Gasteiger partial charge in [-0.15, -0.1) is 0 Å². The summed E-state index contributed by atoms with van der Waals surface area (Å²) in [5, 5.41) is 18.6. The van der Waals surface area contributed by atoms with Gasteiger partial charge in [0.25, 0.3) is 0 Å². The monoisotopic (exact) mass is 256 g/mol. The number of carbonyl (C=O) groups excluding carboxylic acids is 1. The van der Waals surface area contributed by atoms with Gasteiger partial charge in [-0.05, 0) is 25.3 Å². The standard InChI is InChI=1S/C12H20N2O4/c13-5-7-2-1-3-9(7)11(16)14-6-8(15)4-10(14)12(17)18/h7-10,15H,1-6,13H2,(H,17,18)/t7?,8-,9?,10-/m0/s1. The number of hydrogen-bond donors (Lipinski definition) is 3. The normalized spacial score (nSPS) is 36.0. The Morgan fingerprint density at radius 3 is 2.67 bits per heavy atom. The van der Waals surface area contributed by atoms with Gasteiger partial charge in [0.2, 0.25) is 5.91 Å². The highest BCUT2D eigenvalue weighted by atomic mass is 16.4. The average molecular weight is 256 g/mol. The van der Waals surface area contributed by atoms with Gasteiger partial charge in [0.05, 0.1) is 6.10 Å². The number of aliphatic hydroxyl groups is 1. The fraction of sp³-hybridized carbons (Fsp3) is 0.833. The van der Waals surface area contributed by atoms with Gasteiger partial charge in [0.1, 0.15) is 6.04 Å². The van der Waals surface area contributed by atoms with E-state index in [2.05, 4.69) is 0 Å². The van der Waals surface area contributed by atoms with Crippen molar-refractivity contribution < 1.29 is 19.8 Å². The second kappa shape index (κ2) is 5.24. The maximum atomic E-state index is 12.4. The Kier molecular flexibility index (Phi) is 3.87. The molecular weight excluding hydrogens is 236 g/mol. The van der Waals surface area contributed by atoms with E-state index in [1.807, 2.05) is 0 Å². The molecule has 4 atom stereocenters. The first-order valence-corrected chi connectivity index (χ1v) is 6.46. The van der Waals surface area contributed by atoms with Gasteiger partial charge in [-0.25, -0.2) is 4.79 Å². The van der Waals surface area contributed by atoms with Crippen molar-refractivity contribution in [3.05, 3.63) is 0 Å². The van der Waals surface area contributed by atoms with Crippen molar-refractivity contribution in [2.24, 2.45) is 17.6 Å². The van der Waals surface area contributed by atoms with Crippen LogP contribution in [0, 0.1) is 11.8 Å². The van der Waals surface area contributed by atoms with Crippen LogP contribution in [0.25, 0.3) is 0 Å². The Morgan fingerprint density at radius 1 is 1.33 bits per heavy atom. The van der Waals surface area contributed by atoms with E-state index in [1.165, 1.54) is 4.90 Å². The van der Waals surface area contributed by atoms with Crippen LogP contribution in [0.2, 0.25) is 0 Å². The molecule has 1 amide bonds. The molecular formula is C12H20N2O4. The third kappa shape index (κ3) is 2.35. The summed E-state index contributed by atoms with van der Waals surface area (Å²) < 4.78 is 0. The number of nitrogens with zero attached hydrogens (tertiary/aromatic N) is 1. The van der Waals surface area contributed by atoms with Crippen LogP contribution >= 0.6 is 0 Å². The van der Waals surface area contributed by atoms with Crippen LogP contribution in [0.3, 0.4) is 0 Å². The number of carboxylic acid groups (broad SMARTS) is 1. The lowest BCUT2D eigenvalue weighted by Crippen LogP contribution is -2.45. The molecule has 2 unspecified atom stereocenters. The first-order valence-electron chi connectivity index (χ1n) is 6.46. The van der Waals surface area contributed by atoms with Crippen molar-refractivity contribution in [1.82, 2.24) is 4.90 Å². The van der Waals surface area contributed by atoms with Crippen molar-refractivity contribution in [2.75, 3.05) is 13.1 Å². The van der Waals surface area contributed by atoms with Crippen molar-refractivity contribution in [3.63, 3.8) is 0 Å². The number of rotatable bonds is 3. The minimum absolute atomic E-state index is 0.126. The minimum atomic E-state index is -1.04. The number of hydrogen-bond acceptors (Lipinski definition) is 4. The predicted octanol–water partition coefficient (Wildman–Crippen LogP) is -0.592. The van der Waals surface area contributed by atoms with Gasteiger partial charge in [-0.1, -0.05) is 6.42 Å². The quantitative estimate of drug-likeness (QED) is 0.626. The van der Waals surface area contributed by atoms with Crippen LogP contribution in [0.1, 0.15) is 25.7 Å². The number of β-amino-alcohol motifs (C(OH)–C–C–N with tert-alkyl or cyclic N) is 1. The van der Waals surface area contributed by atoms with Crippen LogP contribution in [-0.2, 0) is 9.59 Å². The Balaban J connectivity index is 2.10. The van der Waals surface area contributed by atoms with Crippen LogP contribution in [0.15, 0.2) is 0 Å². The molecule has 2 aliphatic rings. The fourth-order valence-electron chi connectivity index (χ4n) is 3.15. The fourth-order valence-corrected chi connectivity index (χ4v) is 3.15. The summed E-state index contributed by atoms with van der Waals surface area (Å²) in [4.78, 5) is 24.8. The lowest BCUT2D eigenvalue weighted by Gasteiger charge is -2.27. The van der Waals surface area contributed by atoms with E-state index in [1.54, 1.807) is 0 Å². The van der Waals surface area contributed by atoms with Gasteiger partial charge in [0.15, 0.2) is 0 Å². The Morgan fingerprint density at radius 2 is 2.06 bits per heavy atom. The molecule has 18 heavy (non-hydrogen) atoms. The summed E-state index contributed by atoms with van der Waals surface area (Å²) in [6.45, 7) is 0.591. The van der Waals surface area contributed by atoms with E-state index in [9.17, 15) is 14.7 Å². The molecule has 1 saturated carbocycles. The van der Waals surface area contributed by atoms with E-state index >= 15 is 0 Å². The third-order valence-corrected chi connectivity index (χ3v) is 4.13. The zero-order valence-electron chi connectivity index (χ0n) is 10.3. The lowest BCUT2D eigenvalue weighted by atomic mass is 9.94. The Bertz CT molecular complexity index is 347. The third-order valence-electron chi connectivity index (χ3n) is 4.13. The van der Waals surface area contributed by atoms with Crippen molar-refractivity contribution in [1.29, 1.82) is 0 Å². The zero-order valence-corrected chi connectivity index (χ0v) is 10.3. The van der Waals surface area contributed by atoms with Gasteiger partial charge < -0.3 is 20.8 Å².